The smallest absolute Gasteiger partial charge is 0.303 e. The van der Waals surface area contributed by atoms with Crippen LogP contribution in [0.25, 0.3) is 0 Å². The van der Waals surface area contributed by atoms with E-state index in [4.69, 9.17) is 5.11 Å². The first-order valence-corrected chi connectivity index (χ1v) is 6.53. The minimum Gasteiger partial charge on any atom is -0.481 e. The predicted molar refractivity (Wildman–Crippen MR) is 65.5 cm³/mol. The summed E-state index contributed by atoms with van der Waals surface area (Å²) in [6, 6.07) is 0. The van der Waals surface area contributed by atoms with Crippen molar-refractivity contribution in [2.24, 2.45) is 11.8 Å². The van der Waals surface area contributed by atoms with Gasteiger partial charge >= 0.3 is 5.97 Å². The number of nitrogens with zero attached hydrogens (tertiary/aromatic N) is 1. The number of rotatable bonds is 7. The van der Waals surface area contributed by atoms with Crippen LogP contribution in [-0.2, 0) is 4.79 Å². The quantitative estimate of drug-likeness (QED) is 0.727. The van der Waals surface area contributed by atoms with E-state index < -0.39 is 5.97 Å². The Morgan fingerprint density at radius 1 is 1.25 bits per heavy atom. The molecule has 0 aliphatic carbocycles. The van der Waals surface area contributed by atoms with Crippen molar-refractivity contribution in [2.45, 2.75) is 46.0 Å². The molecule has 1 heterocycles. The van der Waals surface area contributed by atoms with Gasteiger partial charge in [-0.3, -0.25) is 4.79 Å². The molecule has 1 fully saturated rings. The first-order chi connectivity index (χ1) is 7.59. The highest BCUT2D eigenvalue weighted by Crippen LogP contribution is 2.22. The largest absolute Gasteiger partial charge is 0.481 e. The second-order valence-corrected chi connectivity index (χ2v) is 5.27. The Bertz CT molecular complexity index is 210. The lowest BCUT2D eigenvalue weighted by Gasteiger charge is -2.23. The monoisotopic (exact) mass is 227 g/mol. The van der Waals surface area contributed by atoms with Crippen LogP contribution in [0.2, 0.25) is 0 Å². The number of hydrogen-bond acceptors (Lipinski definition) is 2. The molecule has 94 valence electrons. The van der Waals surface area contributed by atoms with Crippen LogP contribution in [0, 0.1) is 11.8 Å². The summed E-state index contributed by atoms with van der Waals surface area (Å²) in [6.45, 7) is 8.04. The summed E-state index contributed by atoms with van der Waals surface area (Å²) < 4.78 is 0. The topological polar surface area (TPSA) is 40.5 Å². The molecule has 0 spiro atoms. The Balaban J connectivity index is 2.23. The van der Waals surface area contributed by atoms with Gasteiger partial charge in [-0.15, -0.1) is 0 Å². The Hall–Kier alpha value is -0.570. The number of hydrogen-bond donors (Lipinski definition) is 1. The van der Waals surface area contributed by atoms with Crippen molar-refractivity contribution in [1.29, 1.82) is 0 Å². The summed E-state index contributed by atoms with van der Waals surface area (Å²) in [5.41, 5.74) is 0. The molecule has 0 radical (unpaired) electrons. The zero-order valence-corrected chi connectivity index (χ0v) is 10.6. The highest BCUT2D eigenvalue weighted by Gasteiger charge is 2.18. The third kappa shape index (κ3) is 4.97. The van der Waals surface area contributed by atoms with Gasteiger partial charge in [0.2, 0.25) is 0 Å². The highest BCUT2D eigenvalue weighted by atomic mass is 16.4. The average Bonchev–Trinajstić information content (AvgIpc) is 2.69. The second-order valence-electron chi connectivity index (χ2n) is 5.27. The Morgan fingerprint density at radius 3 is 2.38 bits per heavy atom. The van der Waals surface area contributed by atoms with E-state index in [1.807, 2.05) is 0 Å². The van der Waals surface area contributed by atoms with Gasteiger partial charge in [-0.25, -0.2) is 0 Å². The molecule has 16 heavy (non-hydrogen) atoms. The summed E-state index contributed by atoms with van der Waals surface area (Å²) >= 11 is 0. The lowest BCUT2D eigenvalue weighted by Crippen LogP contribution is -2.24. The van der Waals surface area contributed by atoms with Crippen molar-refractivity contribution in [2.75, 3.05) is 19.6 Å². The maximum absolute atomic E-state index is 10.6. The maximum atomic E-state index is 10.6. The van der Waals surface area contributed by atoms with E-state index in [0.717, 1.165) is 19.4 Å². The van der Waals surface area contributed by atoms with Crippen molar-refractivity contribution in [3.8, 4) is 0 Å². The van der Waals surface area contributed by atoms with Crippen LogP contribution in [0.5, 0.6) is 0 Å². The van der Waals surface area contributed by atoms with Crippen LogP contribution in [0.15, 0.2) is 0 Å². The zero-order chi connectivity index (χ0) is 12.0. The summed E-state index contributed by atoms with van der Waals surface area (Å²) in [5.74, 6) is 0.505. The minimum absolute atomic E-state index is 0.322. The Kier molecular flexibility index (Phi) is 5.81. The Morgan fingerprint density at radius 2 is 1.88 bits per heavy atom. The standard InChI is InChI=1S/C13H25NO2/c1-11(2)12(5-6-13(15)16)7-10-14-8-3-4-9-14/h11-12H,3-10H2,1-2H3,(H,15,16). The fourth-order valence-electron chi connectivity index (χ4n) is 2.47. The van der Waals surface area contributed by atoms with E-state index in [9.17, 15) is 4.79 Å². The molecule has 1 aliphatic rings. The number of aliphatic carboxylic acids is 1. The van der Waals surface area contributed by atoms with Crippen LogP contribution in [-0.4, -0.2) is 35.6 Å². The Labute approximate surface area is 98.8 Å². The molecule has 1 N–H and O–H groups in total. The molecule has 0 amide bonds. The second kappa shape index (κ2) is 6.89. The molecule has 3 heteroatoms. The van der Waals surface area contributed by atoms with Crippen LogP contribution in [0.3, 0.4) is 0 Å². The molecule has 0 aromatic carbocycles. The van der Waals surface area contributed by atoms with Gasteiger partial charge in [0.1, 0.15) is 0 Å². The molecular weight excluding hydrogens is 202 g/mol. The molecular formula is C13H25NO2. The first-order valence-electron chi connectivity index (χ1n) is 6.53. The maximum Gasteiger partial charge on any atom is 0.303 e. The van der Waals surface area contributed by atoms with E-state index >= 15 is 0 Å². The van der Waals surface area contributed by atoms with Crippen LogP contribution < -0.4 is 0 Å². The van der Waals surface area contributed by atoms with Gasteiger partial charge in [-0.2, -0.15) is 0 Å². The molecule has 1 aliphatic heterocycles. The zero-order valence-electron chi connectivity index (χ0n) is 10.6. The fourth-order valence-corrected chi connectivity index (χ4v) is 2.47. The van der Waals surface area contributed by atoms with E-state index in [0.29, 0.717) is 18.3 Å². The van der Waals surface area contributed by atoms with Gasteiger partial charge in [-0.05, 0) is 57.2 Å². The van der Waals surface area contributed by atoms with Crippen LogP contribution in [0.1, 0.15) is 46.0 Å². The summed E-state index contributed by atoms with van der Waals surface area (Å²) in [5, 5.41) is 8.71. The number of carboxylic acid groups (broad SMARTS) is 1. The van der Waals surface area contributed by atoms with Crippen LogP contribution in [0.4, 0.5) is 0 Å². The molecule has 0 aromatic heterocycles. The minimum atomic E-state index is -0.660. The molecule has 1 atom stereocenters. The van der Waals surface area contributed by atoms with Crippen molar-refractivity contribution in [1.82, 2.24) is 4.90 Å². The highest BCUT2D eigenvalue weighted by molar-refractivity contribution is 5.66. The molecule has 0 aromatic rings. The summed E-state index contributed by atoms with van der Waals surface area (Å²) in [4.78, 5) is 13.1. The third-order valence-corrected chi connectivity index (χ3v) is 3.69. The van der Waals surface area contributed by atoms with Crippen molar-refractivity contribution in [3.63, 3.8) is 0 Å². The fraction of sp³-hybridized carbons (Fsp3) is 0.923. The van der Waals surface area contributed by atoms with E-state index in [2.05, 4.69) is 18.7 Å². The molecule has 3 nitrogen and oxygen atoms in total. The molecule has 1 saturated heterocycles. The van der Waals surface area contributed by atoms with Gasteiger partial charge in [0.15, 0.2) is 0 Å². The number of likely N-dealkylation sites (tertiary alicyclic amines) is 1. The van der Waals surface area contributed by atoms with Crippen molar-refractivity contribution < 1.29 is 9.90 Å². The molecule has 1 rings (SSSR count). The van der Waals surface area contributed by atoms with Gasteiger partial charge in [0, 0.05) is 6.42 Å². The SMILES string of the molecule is CC(C)C(CCC(=O)O)CCN1CCCC1. The van der Waals surface area contributed by atoms with E-state index in [-0.39, 0.29) is 0 Å². The van der Waals surface area contributed by atoms with Gasteiger partial charge in [-0.1, -0.05) is 13.8 Å². The van der Waals surface area contributed by atoms with Crippen molar-refractivity contribution >= 4 is 5.97 Å². The van der Waals surface area contributed by atoms with Crippen LogP contribution >= 0.6 is 0 Å². The number of carbonyl (C=O) groups is 1. The van der Waals surface area contributed by atoms with Gasteiger partial charge in [0.25, 0.3) is 0 Å². The predicted octanol–water partition coefficient (Wildman–Crippen LogP) is 2.61. The van der Waals surface area contributed by atoms with Crippen molar-refractivity contribution in [3.05, 3.63) is 0 Å². The third-order valence-electron chi connectivity index (χ3n) is 3.69. The molecule has 1 unspecified atom stereocenters. The normalized spacial score (nSPS) is 19.2. The lowest BCUT2D eigenvalue weighted by atomic mass is 9.88. The molecule has 0 saturated carbocycles. The number of carboxylic acids is 1. The molecule has 0 bridgehead atoms. The summed E-state index contributed by atoms with van der Waals surface area (Å²) in [6.07, 6.45) is 4.98. The van der Waals surface area contributed by atoms with Gasteiger partial charge < -0.3 is 10.0 Å². The van der Waals surface area contributed by atoms with E-state index in [1.165, 1.54) is 25.9 Å². The van der Waals surface area contributed by atoms with Gasteiger partial charge in [0.05, 0.1) is 0 Å². The van der Waals surface area contributed by atoms with E-state index in [1.54, 1.807) is 0 Å². The average molecular weight is 227 g/mol. The lowest BCUT2D eigenvalue weighted by molar-refractivity contribution is -0.137. The summed E-state index contributed by atoms with van der Waals surface area (Å²) in [7, 11) is 0. The first kappa shape index (κ1) is 13.5.